The maximum Gasteiger partial charge on any atom is 0.389 e. The summed E-state index contributed by atoms with van der Waals surface area (Å²) in [6.45, 7) is 2.59. The van der Waals surface area contributed by atoms with Gasteiger partial charge in [-0.25, -0.2) is 9.97 Å². The Morgan fingerprint density at radius 3 is 2.68 bits per heavy atom. The fraction of sp³-hybridized carbons (Fsp3) is 0.667. The average Bonchev–Trinajstić information content (AvgIpc) is 2.38. The number of nitrogens with zero attached hydrogens (tertiary/aromatic N) is 2. The lowest BCUT2D eigenvalue weighted by Gasteiger charge is -2.19. The van der Waals surface area contributed by atoms with E-state index in [4.69, 9.17) is 4.74 Å². The van der Waals surface area contributed by atoms with Crippen LogP contribution in [0.25, 0.3) is 0 Å². The van der Waals surface area contributed by atoms with Crippen LogP contribution in [0, 0.1) is 0 Å². The van der Waals surface area contributed by atoms with Crippen molar-refractivity contribution < 1.29 is 17.9 Å². The Balaban J connectivity index is 2.76. The quantitative estimate of drug-likeness (QED) is 0.832. The molecule has 0 aliphatic rings. The van der Waals surface area contributed by atoms with E-state index in [2.05, 4.69) is 15.3 Å². The van der Waals surface area contributed by atoms with Gasteiger partial charge >= 0.3 is 6.18 Å². The third-order valence-electron chi connectivity index (χ3n) is 2.59. The Morgan fingerprint density at radius 1 is 1.37 bits per heavy atom. The molecule has 19 heavy (non-hydrogen) atoms. The molecule has 0 bridgehead atoms. The number of nitrogens with one attached hydrogen (secondary N) is 1. The van der Waals surface area contributed by atoms with Gasteiger partial charge in [0.15, 0.2) is 0 Å². The molecule has 0 aliphatic carbocycles. The number of rotatable bonds is 7. The second kappa shape index (κ2) is 7.28. The summed E-state index contributed by atoms with van der Waals surface area (Å²) in [6, 6.07) is 1.11. The van der Waals surface area contributed by atoms with Crippen LogP contribution in [-0.4, -0.2) is 29.8 Å². The molecule has 0 saturated heterocycles. The van der Waals surface area contributed by atoms with Gasteiger partial charge in [0, 0.05) is 12.5 Å². The van der Waals surface area contributed by atoms with E-state index in [0.29, 0.717) is 18.1 Å². The van der Waals surface area contributed by atoms with Gasteiger partial charge in [0.2, 0.25) is 5.88 Å². The van der Waals surface area contributed by atoms with E-state index in [1.807, 2.05) is 6.92 Å². The zero-order chi connectivity index (χ0) is 14.3. The minimum atomic E-state index is -4.16. The second-order valence-corrected chi connectivity index (χ2v) is 4.15. The standard InChI is InChI=1S/C12H18F3N3O/c1-3-6-16-9(4-5-12(13,14)15)10-7-11(19-2)18-8-17-10/h7-9,16H,3-6H2,1-2H3. The zero-order valence-electron chi connectivity index (χ0n) is 11.0. The van der Waals surface area contributed by atoms with Crippen LogP contribution in [0.2, 0.25) is 0 Å². The van der Waals surface area contributed by atoms with Crippen LogP contribution in [0.3, 0.4) is 0 Å². The van der Waals surface area contributed by atoms with E-state index in [1.54, 1.807) is 6.07 Å². The summed E-state index contributed by atoms with van der Waals surface area (Å²) in [6.07, 6.45) is -2.93. The first-order valence-corrected chi connectivity index (χ1v) is 6.12. The molecule has 0 amide bonds. The van der Waals surface area contributed by atoms with Crippen LogP contribution in [0.1, 0.15) is 37.9 Å². The van der Waals surface area contributed by atoms with Crippen molar-refractivity contribution in [2.75, 3.05) is 13.7 Å². The highest BCUT2D eigenvalue weighted by Crippen LogP contribution is 2.27. The van der Waals surface area contributed by atoms with Gasteiger partial charge in [0.1, 0.15) is 6.33 Å². The first-order valence-electron chi connectivity index (χ1n) is 6.12. The molecule has 1 atom stereocenters. The van der Waals surface area contributed by atoms with Crippen molar-refractivity contribution in [2.24, 2.45) is 0 Å². The molecular formula is C12H18F3N3O. The molecule has 1 aromatic heterocycles. The third-order valence-corrected chi connectivity index (χ3v) is 2.59. The Bertz CT molecular complexity index is 385. The molecule has 0 radical (unpaired) electrons. The Morgan fingerprint density at radius 2 is 2.11 bits per heavy atom. The van der Waals surface area contributed by atoms with E-state index in [9.17, 15) is 13.2 Å². The smallest absolute Gasteiger partial charge is 0.389 e. The molecule has 0 saturated carbocycles. The largest absolute Gasteiger partial charge is 0.481 e. The van der Waals surface area contributed by atoms with E-state index < -0.39 is 18.6 Å². The molecular weight excluding hydrogens is 259 g/mol. The van der Waals surface area contributed by atoms with Gasteiger partial charge < -0.3 is 10.1 Å². The summed E-state index contributed by atoms with van der Waals surface area (Å²) in [5, 5.41) is 3.06. The lowest BCUT2D eigenvalue weighted by molar-refractivity contribution is -0.136. The van der Waals surface area contributed by atoms with Gasteiger partial charge in [-0.15, -0.1) is 0 Å². The molecule has 108 valence electrons. The van der Waals surface area contributed by atoms with Crippen molar-refractivity contribution >= 4 is 0 Å². The minimum absolute atomic E-state index is 0.0519. The molecule has 0 aromatic carbocycles. The van der Waals surface area contributed by atoms with Crippen LogP contribution in [0.4, 0.5) is 13.2 Å². The number of aromatic nitrogens is 2. The zero-order valence-corrected chi connectivity index (χ0v) is 11.0. The summed E-state index contributed by atoms with van der Waals surface area (Å²) in [5.74, 6) is 0.348. The van der Waals surface area contributed by atoms with Crippen molar-refractivity contribution in [3.8, 4) is 5.88 Å². The van der Waals surface area contributed by atoms with E-state index in [1.165, 1.54) is 13.4 Å². The van der Waals surface area contributed by atoms with Crippen molar-refractivity contribution in [3.63, 3.8) is 0 Å². The molecule has 0 aliphatic heterocycles. The first-order chi connectivity index (χ1) is 8.96. The summed E-state index contributed by atoms with van der Waals surface area (Å²) in [4.78, 5) is 7.87. The fourth-order valence-corrected chi connectivity index (χ4v) is 1.64. The van der Waals surface area contributed by atoms with Gasteiger partial charge in [-0.1, -0.05) is 6.92 Å². The monoisotopic (exact) mass is 277 g/mol. The highest BCUT2D eigenvalue weighted by atomic mass is 19.4. The van der Waals surface area contributed by atoms with E-state index in [0.717, 1.165) is 6.42 Å². The van der Waals surface area contributed by atoms with E-state index in [-0.39, 0.29) is 6.42 Å². The molecule has 7 heteroatoms. The highest BCUT2D eigenvalue weighted by Gasteiger charge is 2.29. The predicted molar refractivity (Wildman–Crippen MR) is 64.9 cm³/mol. The number of hydrogen-bond acceptors (Lipinski definition) is 4. The fourth-order valence-electron chi connectivity index (χ4n) is 1.64. The van der Waals surface area contributed by atoms with Crippen molar-refractivity contribution in [1.82, 2.24) is 15.3 Å². The molecule has 0 fully saturated rings. The van der Waals surface area contributed by atoms with Crippen LogP contribution < -0.4 is 10.1 Å². The van der Waals surface area contributed by atoms with Crippen LogP contribution in [0.5, 0.6) is 5.88 Å². The van der Waals surface area contributed by atoms with Gasteiger partial charge in [0.05, 0.1) is 18.8 Å². The van der Waals surface area contributed by atoms with Gasteiger partial charge in [-0.2, -0.15) is 13.2 Å². The van der Waals surface area contributed by atoms with Crippen molar-refractivity contribution in [3.05, 3.63) is 18.1 Å². The Hall–Kier alpha value is -1.37. The number of hydrogen-bond donors (Lipinski definition) is 1. The van der Waals surface area contributed by atoms with E-state index >= 15 is 0 Å². The molecule has 1 N–H and O–H groups in total. The third kappa shape index (κ3) is 5.87. The predicted octanol–water partition coefficient (Wildman–Crippen LogP) is 2.87. The average molecular weight is 277 g/mol. The summed E-state index contributed by atoms with van der Waals surface area (Å²) >= 11 is 0. The van der Waals surface area contributed by atoms with Gasteiger partial charge in [-0.3, -0.25) is 0 Å². The Labute approximate surface area is 110 Å². The normalized spacial score (nSPS) is 13.3. The maximum absolute atomic E-state index is 12.3. The van der Waals surface area contributed by atoms with Crippen LogP contribution in [0.15, 0.2) is 12.4 Å². The summed E-state index contributed by atoms with van der Waals surface area (Å²) in [5.41, 5.74) is 0.518. The number of alkyl halides is 3. The Kier molecular flexibility index (Phi) is 6.01. The molecule has 1 heterocycles. The molecule has 0 spiro atoms. The lowest BCUT2D eigenvalue weighted by atomic mass is 10.1. The summed E-state index contributed by atoms with van der Waals surface area (Å²) < 4.78 is 41.9. The summed E-state index contributed by atoms with van der Waals surface area (Å²) in [7, 11) is 1.45. The number of ether oxygens (including phenoxy) is 1. The van der Waals surface area contributed by atoms with Crippen molar-refractivity contribution in [2.45, 2.75) is 38.4 Å². The van der Waals surface area contributed by atoms with Gasteiger partial charge in [-0.05, 0) is 19.4 Å². The van der Waals surface area contributed by atoms with Gasteiger partial charge in [0.25, 0.3) is 0 Å². The molecule has 1 aromatic rings. The van der Waals surface area contributed by atoms with Crippen LogP contribution in [-0.2, 0) is 0 Å². The van der Waals surface area contributed by atoms with Crippen molar-refractivity contribution in [1.29, 1.82) is 0 Å². The highest BCUT2D eigenvalue weighted by molar-refractivity contribution is 5.16. The SMILES string of the molecule is CCCNC(CCC(F)(F)F)c1cc(OC)ncn1. The molecule has 1 unspecified atom stereocenters. The minimum Gasteiger partial charge on any atom is -0.481 e. The number of halogens is 3. The maximum atomic E-state index is 12.3. The number of methoxy groups -OCH3 is 1. The topological polar surface area (TPSA) is 47.0 Å². The first kappa shape index (κ1) is 15.7. The lowest BCUT2D eigenvalue weighted by Crippen LogP contribution is -2.25. The molecule has 4 nitrogen and oxygen atoms in total. The molecule has 1 rings (SSSR count). The second-order valence-electron chi connectivity index (χ2n) is 4.15. The van der Waals surface area contributed by atoms with Crippen LogP contribution >= 0.6 is 0 Å².